The van der Waals surface area contributed by atoms with Crippen molar-refractivity contribution in [3.05, 3.63) is 80.5 Å². The Balaban J connectivity index is 1.73. The largest absolute Gasteiger partial charge is 0.465 e. The summed E-state index contributed by atoms with van der Waals surface area (Å²) in [6.45, 7) is 1.56. The summed E-state index contributed by atoms with van der Waals surface area (Å²) in [6.07, 6.45) is 1.84. The number of aliphatic imine (C=N–C) groups is 1. The van der Waals surface area contributed by atoms with Crippen LogP contribution < -0.4 is 16.6 Å². The fourth-order valence-electron chi connectivity index (χ4n) is 3.76. The predicted octanol–water partition coefficient (Wildman–Crippen LogP) is 0.844. The zero-order valence-corrected chi connectivity index (χ0v) is 17.5. The highest BCUT2D eigenvalue weighted by Crippen LogP contribution is 2.14. The van der Waals surface area contributed by atoms with E-state index in [1.165, 1.54) is 10.9 Å². The number of carbonyl (C=O) groups excluding carboxylic acids is 2. The van der Waals surface area contributed by atoms with E-state index in [-0.39, 0.29) is 19.1 Å². The van der Waals surface area contributed by atoms with Crippen molar-refractivity contribution in [3.8, 4) is 0 Å². The molecule has 0 saturated carbocycles. The maximum Gasteiger partial charge on any atom is 0.332 e. The van der Waals surface area contributed by atoms with Gasteiger partial charge >= 0.3 is 11.7 Å². The molecule has 9 heteroatoms. The molecule has 9 nitrogen and oxygen atoms in total. The maximum absolute atomic E-state index is 13.2. The van der Waals surface area contributed by atoms with Crippen LogP contribution in [0.15, 0.2) is 63.1 Å². The van der Waals surface area contributed by atoms with E-state index in [1.54, 1.807) is 31.2 Å². The minimum Gasteiger partial charge on any atom is -0.465 e. The molecule has 0 bridgehead atoms. The molecule has 2 heterocycles. The van der Waals surface area contributed by atoms with Crippen LogP contribution in [0.25, 0.3) is 10.9 Å². The van der Waals surface area contributed by atoms with E-state index in [4.69, 9.17) is 4.74 Å². The smallest absolute Gasteiger partial charge is 0.332 e. The van der Waals surface area contributed by atoms with E-state index in [0.29, 0.717) is 17.3 Å². The lowest BCUT2D eigenvalue weighted by Gasteiger charge is -2.14. The summed E-state index contributed by atoms with van der Waals surface area (Å²) in [7, 11) is 0. The van der Waals surface area contributed by atoms with Crippen LogP contribution in [0.5, 0.6) is 0 Å². The topological polar surface area (TPSA) is 112 Å². The highest BCUT2D eigenvalue weighted by molar-refractivity contribution is 5.96. The van der Waals surface area contributed by atoms with Crippen molar-refractivity contribution in [1.82, 2.24) is 14.5 Å². The third-order valence-electron chi connectivity index (χ3n) is 5.25. The minimum atomic E-state index is -0.647. The lowest BCUT2D eigenvalue weighted by molar-refractivity contribution is -0.144. The lowest BCUT2D eigenvalue weighted by Crippen LogP contribution is -2.42. The van der Waals surface area contributed by atoms with Crippen molar-refractivity contribution >= 4 is 29.1 Å². The summed E-state index contributed by atoms with van der Waals surface area (Å²) < 4.78 is 7.30. The van der Waals surface area contributed by atoms with Crippen LogP contribution in [0.3, 0.4) is 0 Å². The van der Waals surface area contributed by atoms with E-state index >= 15 is 0 Å². The monoisotopic (exact) mass is 434 g/mol. The van der Waals surface area contributed by atoms with Gasteiger partial charge in [0, 0.05) is 6.42 Å². The summed E-state index contributed by atoms with van der Waals surface area (Å²) in [5.74, 6) is -0.797. The van der Waals surface area contributed by atoms with Crippen LogP contribution in [-0.2, 0) is 33.8 Å². The maximum atomic E-state index is 13.2. The Labute approximate surface area is 183 Å². The molecule has 0 aliphatic carbocycles. The van der Waals surface area contributed by atoms with Gasteiger partial charge in [0.05, 0.1) is 30.4 Å². The molecule has 1 unspecified atom stereocenters. The highest BCUT2D eigenvalue weighted by Gasteiger charge is 2.21. The van der Waals surface area contributed by atoms with E-state index in [0.717, 1.165) is 15.7 Å². The Kier molecular flexibility index (Phi) is 5.98. The second-order valence-corrected chi connectivity index (χ2v) is 7.41. The number of amides is 1. The minimum absolute atomic E-state index is 0.149. The van der Waals surface area contributed by atoms with Gasteiger partial charge in [0.2, 0.25) is 5.91 Å². The number of hydrogen-bond acceptors (Lipinski definition) is 6. The van der Waals surface area contributed by atoms with Crippen LogP contribution in [0, 0.1) is 0 Å². The van der Waals surface area contributed by atoms with Crippen LogP contribution in [0.2, 0.25) is 0 Å². The molecule has 0 radical (unpaired) electrons. The first kappa shape index (κ1) is 21.2. The molecule has 32 heavy (non-hydrogen) atoms. The van der Waals surface area contributed by atoms with Crippen molar-refractivity contribution in [2.24, 2.45) is 4.99 Å². The van der Waals surface area contributed by atoms with Gasteiger partial charge in [-0.05, 0) is 30.2 Å². The summed E-state index contributed by atoms with van der Waals surface area (Å²) in [4.78, 5) is 54.0. The van der Waals surface area contributed by atoms with Crippen LogP contribution in [-0.4, -0.2) is 40.0 Å². The zero-order chi connectivity index (χ0) is 22.7. The summed E-state index contributed by atoms with van der Waals surface area (Å²) in [6, 6.07) is 13.8. The molecule has 0 spiro atoms. The van der Waals surface area contributed by atoms with Crippen molar-refractivity contribution in [2.75, 3.05) is 6.61 Å². The van der Waals surface area contributed by atoms with Gasteiger partial charge in [0.15, 0.2) is 0 Å². The molecule has 4 rings (SSSR count). The second kappa shape index (κ2) is 9.01. The number of rotatable bonds is 7. The van der Waals surface area contributed by atoms with E-state index < -0.39 is 29.8 Å². The standard InChI is InChI=1S/C23H22N4O5/c1-2-32-20(28)13-27-22(30)17-8-3-4-9-19(17)26(23(27)31)12-16-7-5-6-15(10-16)11-18-21(29)25-14-24-18/h3-10,14,18H,2,11-13H2,1H3,(H,24,25,29). The molecule has 1 aromatic heterocycles. The Bertz CT molecular complexity index is 1340. The molecule has 1 N–H and O–H groups in total. The van der Waals surface area contributed by atoms with Crippen molar-refractivity contribution in [1.29, 1.82) is 0 Å². The molecular weight excluding hydrogens is 412 g/mol. The first-order chi connectivity index (χ1) is 15.5. The Hall–Kier alpha value is -4.01. The Morgan fingerprint density at radius 3 is 2.59 bits per heavy atom. The average molecular weight is 434 g/mol. The average Bonchev–Trinajstić information content (AvgIpc) is 3.19. The van der Waals surface area contributed by atoms with E-state index in [2.05, 4.69) is 10.3 Å². The number of para-hydroxylation sites is 1. The predicted molar refractivity (Wildman–Crippen MR) is 119 cm³/mol. The van der Waals surface area contributed by atoms with Gasteiger partial charge in [-0.2, -0.15) is 0 Å². The molecule has 1 aliphatic rings. The van der Waals surface area contributed by atoms with E-state index in [1.807, 2.05) is 24.3 Å². The molecule has 2 aromatic carbocycles. The molecule has 0 saturated heterocycles. The van der Waals surface area contributed by atoms with Crippen molar-refractivity contribution < 1.29 is 14.3 Å². The Morgan fingerprint density at radius 2 is 1.84 bits per heavy atom. The Morgan fingerprint density at radius 1 is 1.06 bits per heavy atom. The molecule has 1 atom stereocenters. The number of nitrogens with one attached hydrogen (secondary N) is 1. The number of esters is 1. The van der Waals surface area contributed by atoms with Crippen LogP contribution in [0.4, 0.5) is 0 Å². The third kappa shape index (κ3) is 4.22. The first-order valence-electron chi connectivity index (χ1n) is 10.3. The molecule has 1 amide bonds. The van der Waals surface area contributed by atoms with Gasteiger partial charge < -0.3 is 10.1 Å². The summed E-state index contributed by atoms with van der Waals surface area (Å²) in [5, 5.41) is 2.90. The van der Waals surface area contributed by atoms with E-state index in [9.17, 15) is 19.2 Å². The zero-order valence-electron chi connectivity index (χ0n) is 17.5. The fourth-order valence-corrected chi connectivity index (χ4v) is 3.76. The second-order valence-electron chi connectivity index (χ2n) is 7.41. The lowest BCUT2D eigenvalue weighted by atomic mass is 10.0. The SMILES string of the molecule is CCOC(=O)Cn1c(=O)c2ccccc2n(Cc2cccc(CC3N=CNC3=O)c2)c1=O. The molecule has 1 aliphatic heterocycles. The normalized spacial score (nSPS) is 15.2. The summed E-state index contributed by atoms with van der Waals surface area (Å²) >= 11 is 0. The van der Waals surface area contributed by atoms with Crippen molar-refractivity contribution in [3.63, 3.8) is 0 Å². The van der Waals surface area contributed by atoms with Gasteiger partial charge in [-0.1, -0.05) is 36.4 Å². The molecule has 0 fully saturated rings. The van der Waals surface area contributed by atoms with Gasteiger partial charge in [0.25, 0.3) is 5.56 Å². The van der Waals surface area contributed by atoms with Gasteiger partial charge in [0.1, 0.15) is 12.6 Å². The number of benzene rings is 2. The van der Waals surface area contributed by atoms with Gasteiger partial charge in [-0.25, -0.2) is 9.36 Å². The molecule has 164 valence electrons. The quantitative estimate of drug-likeness (QED) is 0.554. The first-order valence-corrected chi connectivity index (χ1v) is 10.3. The fraction of sp³-hybridized carbons (Fsp3) is 0.261. The van der Waals surface area contributed by atoms with Crippen LogP contribution >= 0.6 is 0 Å². The number of ether oxygens (including phenoxy) is 1. The third-order valence-corrected chi connectivity index (χ3v) is 5.25. The van der Waals surface area contributed by atoms with Crippen molar-refractivity contribution in [2.45, 2.75) is 32.5 Å². The number of hydrogen-bond donors (Lipinski definition) is 1. The summed E-state index contributed by atoms with van der Waals surface area (Å²) in [5.41, 5.74) is 1.07. The number of fused-ring (bicyclic) bond motifs is 1. The molecular formula is C23H22N4O5. The number of aromatic nitrogens is 2. The van der Waals surface area contributed by atoms with Gasteiger partial charge in [-0.15, -0.1) is 0 Å². The number of carbonyl (C=O) groups is 2. The number of nitrogens with zero attached hydrogens (tertiary/aromatic N) is 3. The van der Waals surface area contributed by atoms with Gasteiger partial charge in [-0.3, -0.25) is 23.9 Å². The highest BCUT2D eigenvalue weighted by atomic mass is 16.5. The molecule has 3 aromatic rings. The van der Waals surface area contributed by atoms with Crippen LogP contribution in [0.1, 0.15) is 18.1 Å².